The fourth-order valence-electron chi connectivity index (χ4n) is 3.76. The van der Waals surface area contributed by atoms with Crippen molar-refractivity contribution in [3.05, 3.63) is 93.7 Å². The van der Waals surface area contributed by atoms with E-state index in [0.29, 0.717) is 18.7 Å². The number of benzene rings is 3. The Morgan fingerprint density at radius 3 is 2.69 bits per heavy atom. The summed E-state index contributed by atoms with van der Waals surface area (Å²) in [6.07, 6.45) is 0. The Kier molecular flexibility index (Phi) is 6.61. The van der Waals surface area contributed by atoms with E-state index in [4.69, 9.17) is 9.72 Å². The lowest BCUT2D eigenvalue weighted by molar-refractivity contribution is 0.0937. The van der Waals surface area contributed by atoms with E-state index in [2.05, 4.69) is 45.7 Å². The third-order valence-corrected chi connectivity index (χ3v) is 6.13. The molecule has 6 heteroatoms. The molecule has 1 atom stereocenters. The molecule has 164 valence electrons. The maximum Gasteiger partial charge on any atom is 0.251 e. The largest absolute Gasteiger partial charge is 0.491 e. The first-order valence-corrected chi connectivity index (χ1v) is 11.4. The van der Waals surface area contributed by atoms with Gasteiger partial charge in [-0.1, -0.05) is 46.3 Å². The minimum Gasteiger partial charge on any atom is -0.491 e. The third-order valence-electron chi connectivity index (χ3n) is 5.63. The van der Waals surface area contributed by atoms with Gasteiger partial charge in [-0.3, -0.25) is 4.79 Å². The summed E-state index contributed by atoms with van der Waals surface area (Å²) in [6, 6.07) is 21.2. The zero-order valence-electron chi connectivity index (χ0n) is 18.4. The number of carbonyl (C=O) groups excluding carboxylic acids is 1. The summed E-state index contributed by atoms with van der Waals surface area (Å²) in [7, 11) is 0. The van der Waals surface area contributed by atoms with Crippen molar-refractivity contribution in [1.29, 1.82) is 0 Å². The van der Waals surface area contributed by atoms with Crippen molar-refractivity contribution in [2.24, 2.45) is 0 Å². The van der Waals surface area contributed by atoms with Crippen LogP contribution in [-0.2, 0) is 6.54 Å². The van der Waals surface area contributed by atoms with E-state index in [0.717, 1.165) is 32.6 Å². The highest BCUT2D eigenvalue weighted by Gasteiger charge is 2.19. The lowest BCUT2D eigenvalue weighted by Gasteiger charge is -2.17. The number of carbonyl (C=O) groups is 1. The van der Waals surface area contributed by atoms with Gasteiger partial charge >= 0.3 is 0 Å². The van der Waals surface area contributed by atoms with Gasteiger partial charge in [-0.2, -0.15) is 0 Å². The number of nitrogens with one attached hydrogen (secondary N) is 1. The zero-order chi connectivity index (χ0) is 22.7. The van der Waals surface area contributed by atoms with E-state index >= 15 is 0 Å². The Bertz CT molecular complexity index is 1270. The normalized spacial score (nSPS) is 12.0. The molecule has 0 aliphatic carbocycles. The van der Waals surface area contributed by atoms with Gasteiger partial charge in [0.15, 0.2) is 0 Å². The average Bonchev–Trinajstić information content (AvgIpc) is 3.15. The molecule has 1 unspecified atom stereocenters. The molecule has 0 fully saturated rings. The second-order valence-electron chi connectivity index (χ2n) is 7.86. The summed E-state index contributed by atoms with van der Waals surface area (Å²) in [6.45, 7) is 7.24. The number of amides is 1. The number of aryl methyl sites for hydroxylation is 1. The van der Waals surface area contributed by atoms with Crippen LogP contribution in [0, 0.1) is 13.8 Å². The van der Waals surface area contributed by atoms with Crippen molar-refractivity contribution in [2.75, 3.05) is 6.61 Å². The highest BCUT2D eigenvalue weighted by Crippen LogP contribution is 2.23. The Labute approximate surface area is 196 Å². The molecule has 0 saturated carbocycles. The van der Waals surface area contributed by atoms with Crippen LogP contribution in [0.2, 0.25) is 0 Å². The van der Waals surface area contributed by atoms with Crippen LogP contribution in [0.1, 0.15) is 40.3 Å². The zero-order valence-corrected chi connectivity index (χ0v) is 20.0. The monoisotopic (exact) mass is 491 g/mol. The van der Waals surface area contributed by atoms with Crippen LogP contribution >= 0.6 is 15.9 Å². The maximum atomic E-state index is 12.8. The average molecular weight is 492 g/mol. The second kappa shape index (κ2) is 9.57. The van der Waals surface area contributed by atoms with Gasteiger partial charge in [0.1, 0.15) is 18.2 Å². The van der Waals surface area contributed by atoms with E-state index < -0.39 is 0 Å². The third kappa shape index (κ3) is 4.70. The highest BCUT2D eigenvalue weighted by atomic mass is 79.9. The SMILES string of the molecule is Cc1cccc(OCCn2c(C(C)NC(=O)c3cccc(Br)c3)nc3ccccc32)c1C. The smallest absolute Gasteiger partial charge is 0.251 e. The molecule has 0 bridgehead atoms. The fraction of sp³-hybridized carbons (Fsp3) is 0.231. The molecular weight excluding hydrogens is 466 g/mol. The fourth-order valence-corrected chi connectivity index (χ4v) is 4.16. The van der Waals surface area contributed by atoms with Crippen LogP contribution < -0.4 is 10.1 Å². The Hall–Kier alpha value is -3.12. The number of nitrogens with zero attached hydrogens (tertiary/aromatic N) is 2. The van der Waals surface area contributed by atoms with E-state index in [1.165, 1.54) is 5.56 Å². The van der Waals surface area contributed by atoms with Gasteiger partial charge in [0, 0.05) is 10.0 Å². The first kappa shape index (κ1) is 22.1. The van der Waals surface area contributed by atoms with Gasteiger partial charge in [0.25, 0.3) is 5.91 Å². The molecule has 0 aliphatic rings. The molecule has 4 rings (SSSR count). The predicted molar refractivity (Wildman–Crippen MR) is 131 cm³/mol. The molecule has 0 radical (unpaired) electrons. The summed E-state index contributed by atoms with van der Waals surface area (Å²) >= 11 is 3.42. The summed E-state index contributed by atoms with van der Waals surface area (Å²) in [5, 5.41) is 3.08. The number of ether oxygens (including phenoxy) is 1. The van der Waals surface area contributed by atoms with Crippen LogP contribution in [-0.4, -0.2) is 22.1 Å². The lowest BCUT2D eigenvalue weighted by atomic mass is 10.1. The van der Waals surface area contributed by atoms with E-state index in [1.807, 2.05) is 61.5 Å². The molecule has 1 N–H and O–H groups in total. The van der Waals surface area contributed by atoms with Crippen molar-refractivity contribution in [1.82, 2.24) is 14.9 Å². The molecule has 0 saturated heterocycles. The number of aromatic nitrogens is 2. The lowest BCUT2D eigenvalue weighted by Crippen LogP contribution is -2.29. The van der Waals surface area contributed by atoms with Crippen LogP contribution in [0.5, 0.6) is 5.75 Å². The summed E-state index contributed by atoms with van der Waals surface area (Å²) in [5.74, 6) is 1.56. The van der Waals surface area contributed by atoms with Gasteiger partial charge in [0.05, 0.1) is 23.6 Å². The topological polar surface area (TPSA) is 56.1 Å². The van der Waals surface area contributed by atoms with Crippen molar-refractivity contribution in [2.45, 2.75) is 33.4 Å². The summed E-state index contributed by atoms with van der Waals surface area (Å²) in [5.41, 5.74) is 4.89. The Morgan fingerprint density at radius 1 is 1.09 bits per heavy atom. The van der Waals surface area contributed by atoms with Crippen molar-refractivity contribution < 1.29 is 9.53 Å². The van der Waals surface area contributed by atoms with E-state index in [9.17, 15) is 4.79 Å². The van der Waals surface area contributed by atoms with Gasteiger partial charge in [-0.15, -0.1) is 0 Å². The number of halogens is 1. The van der Waals surface area contributed by atoms with Gasteiger partial charge < -0.3 is 14.6 Å². The predicted octanol–water partition coefficient (Wildman–Crippen LogP) is 5.99. The van der Waals surface area contributed by atoms with Crippen LogP contribution in [0.4, 0.5) is 0 Å². The molecule has 4 aromatic rings. The summed E-state index contributed by atoms with van der Waals surface area (Å²) in [4.78, 5) is 17.6. The molecule has 1 amide bonds. The first-order valence-electron chi connectivity index (χ1n) is 10.6. The van der Waals surface area contributed by atoms with Crippen molar-refractivity contribution in [3.63, 3.8) is 0 Å². The van der Waals surface area contributed by atoms with Crippen molar-refractivity contribution in [3.8, 4) is 5.75 Å². The number of hydrogen-bond donors (Lipinski definition) is 1. The minimum absolute atomic E-state index is 0.135. The number of para-hydroxylation sites is 2. The van der Waals surface area contributed by atoms with Gasteiger partial charge in [-0.25, -0.2) is 4.98 Å². The molecule has 0 spiro atoms. The van der Waals surface area contributed by atoms with E-state index in [1.54, 1.807) is 6.07 Å². The molecule has 1 aromatic heterocycles. The number of imidazole rings is 1. The first-order chi connectivity index (χ1) is 15.4. The summed E-state index contributed by atoms with van der Waals surface area (Å²) < 4.78 is 9.10. The standard InChI is InChI=1S/C26H26BrN3O2/c1-17-8-6-13-24(18(17)2)32-15-14-30-23-12-5-4-11-22(23)29-25(30)19(3)28-26(31)20-9-7-10-21(27)16-20/h4-13,16,19H,14-15H2,1-3H3,(H,28,31). The quantitative estimate of drug-likeness (QED) is 0.345. The number of rotatable bonds is 7. The number of hydrogen-bond acceptors (Lipinski definition) is 3. The highest BCUT2D eigenvalue weighted by molar-refractivity contribution is 9.10. The van der Waals surface area contributed by atoms with E-state index in [-0.39, 0.29) is 11.9 Å². The Morgan fingerprint density at radius 2 is 1.88 bits per heavy atom. The van der Waals surface area contributed by atoms with Crippen LogP contribution in [0.25, 0.3) is 11.0 Å². The molecule has 1 heterocycles. The number of fused-ring (bicyclic) bond motifs is 1. The molecule has 0 aliphatic heterocycles. The Balaban J connectivity index is 1.55. The second-order valence-corrected chi connectivity index (χ2v) is 8.78. The maximum absolute atomic E-state index is 12.8. The van der Waals surface area contributed by atoms with Crippen molar-refractivity contribution >= 4 is 32.9 Å². The van der Waals surface area contributed by atoms with Gasteiger partial charge in [-0.05, 0) is 68.3 Å². The van der Waals surface area contributed by atoms with Crippen LogP contribution in [0.3, 0.4) is 0 Å². The molecular formula is C26H26BrN3O2. The molecule has 32 heavy (non-hydrogen) atoms. The molecule has 5 nitrogen and oxygen atoms in total. The van der Waals surface area contributed by atoms with Gasteiger partial charge in [0.2, 0.25) is 0 Å². The minimum atomic E-state index is -0.269. The van der Waals surface area contributed by atoms with Crippen LogP contribution in [0.15, 0.2) is 71.2 Å². The molecule has 3 aromatic carbocycles.